The Labute approximate surface area is 180 Å². The van der Waals surface area contributed by atoms with Gasteiger partial charge in [-0.25, -0.2) is 0 Å². The minimum Gasteiger partial charge on any atom is -0.504 e. The lowest BCUT2D eigenvalue weighted by molar-refractivity contribution is 0.339. The van der Waals surface area contributed by atoms with Gasteiger partial charge in [0.25, 0.3) is 0 Å². The number of halogens is 5. The number of phenols is 2. The molecule has 1 aliphatic rings. The predicted molar refractivity (Wildman–Crippen MR) is 110 cm³/mol. The summed E-state index contributed by atoms with van der Waals surface area (Å²) in [7, 11) is 0. The number of aromatic hydroxyl groups is 2. The maximum Gasteiger partial charge on any atom is 0.179 e. The molecule has 0 atom stereocenters. The predicted octanol–water partition coefficient (Wildman–Crippen LogP) is 7.17. The number of alkyl halides is 5. The number of hydrogen-bond acceptors (Lipinski definition) is 4. The van der Waals surface area contributed by atoms with E-state index in [-0.39, 0.29) is 11.5 Å². The number of benzene rings is 2. The molecule has 4 nitrogen and oxygen atoms in total. The minimum atomic E-state index is -0.931. The van der Waals surface area contributed by atoms with E-state index in [1.54, 1.807) is 12.1 Å². The quantitative estimate of drug-likeness (QED) is 0.228. The molecule has 0 amide bonds. The topological polar surface area (TPSA) is 58.9 Å². The van der Waals surface area contributed by atoms with Crippen LogP contribution in [-0.2, 0) is 3.23 Å². The molecule has 0 radical (unpaired) electrons. The van der Waals surface area contributed by atoms with E-state index in [1.165, 1.54) is 6.07 Å². The van der Waals surface area contributed by atoms with Gasteiger partial charge in [-0.15, -0.1) is 0 Å². The molecule has 0 fully saturated rings. The van der Waals surface area contributed by atoms with Gasteiger partial charge in [0.2, 0.25) is 0 Å². The SMILES string of the molecule is Oc1cc2c(c(C(Br)(Br)CC(Br)(Br)Br)c1O)Oc1ccccc1O2. The fraction of sp³-hybridized carbons (Fsp3) is 0.200. The van der Waals surface area contributed by atoms with Crippen LogP contribution >= 0.6 is 79.6 Å². The highest BCUT2D eigenvalue weighted by atomic mass is 80.0. The van der Waals surface area contributed by atoms with Crippen molar-refractivity contribution in [3.8, 4) is 34.5 Å². The van der Waals surface area contributed by atoms with Gasteiger partial charge < -0.3 is 19.7 Å². The zero-order chi connectivity index (χ0) is 17.7. The summed E-state index contributed by atoms with van der Waals surface area (Å²) in [4.78, 5) is 0. The molecule has 2 aromatic carbocycles. The summed E-state index contributed by atoms with van der Waals surface area (Å²) in [6.07, 6.45) is 0.383. The average Bonchev–Trinajstić information content (AvgIpc) is 2.43. The second-order valence-corrected chi connectivity index (χ2v) is 16.1. The molecule has 0 unspecified atom stereocenters. The molecule has 24 heavy (non-hydrogen) atoms. The van der Waals surface area contributed by atoms with Crippen molar-refractivity contribution in [3.05, 3.63) is 35.9 Å². The highest BCUT2D eigenvalue weighted by Gasteiger charge is 2.42. The molecule has 0 aliphatic carbocycles. The van der Waals surface area contributed by atoms with E-state index in [2.05, 4.69) is 79.6 Å². The number of rotatable bonds is 2. The fourth-order valence-corrected chi connectivity index (χ4v) is 7.42. The Hall–Kier alpha value is 0.0400. The highest BCUT2D eigenvalue weighted by Crippen LogP contribution is 2.61. The second kappa shape index (κ2) is 6.64. The van der Waals surface area contributed by atoms with E-state index in [1.807, 2.05) is 12.1 Å². The molecule has 0 saturated carbocycles. The maximum atomic E-state index is 10.4. The van der Waals surface area contributed by atoms with Crippen LogP contribution in [0.25, 0.3) is 0 Å². The third-order valence-corrected chi connectivity index (χ3v) is 5.46. The first-order chi connectivity index (χ1) is 11.1. The van der Waals surface area contributed by atoms with Gasteiger partial charge in [-0.3, -0.25) is 0 Å². The molecule has 1 heterocycles. The molecule has 2 N–H and O–H groups in total. The first-order valence-corrected chi connectivity index (χ1v) is 10.5. The van der Waals surface area contributed by atoms with Crippen molar-refractivity contribution in [2.24, 2.45) is 0 Å². The van der Waals surface area contributed by atoms with Gasteiger partial charge in [0, 0.05) is 12.5 Å². The van der Waals surface area contributed by atoms with Crippen molar-refractivity contribution in [2.45, 2.75) is 11.8 Å². The Kier molecular flexibility index (Phi) is 5.21. The van der Waals surface area contributed by atoms with Crippen LogP contribution in [0.4, 0.5) is 0 Å². The van der Waals surface area contributed by atoms with Crippen LogP contribution in [0, 0.1) is 0 Å². The van der Waals surface area contributed by atoms with Crippen molar-refractivity contribution >= 4 is 79.6 Å². The summed E-state index contributed by atoms with van der Waals surface area (Å²) < 4.78 is 10.2. The number of para-hydroxylation sites is 2. The average molecular weight is 653 g/mol. The van der Waals surface area contributed by atoms with Crippen LogP contribution in [0.15, 0.2) is 30.3 Å². The second-order valence-electron chi connectivity index (χ2n) is 5.09. The van der Waals surface area contributed by atoms with Gasteiger partial charge in [0.15, 0.2) is 34.5 Å². The maximum absolute atomic E-state index is 10.4. The lowest BCUT2D eigenvalue weighted by atomic mass is 10.0. The van der Waals surface area contributed by atoms with Crippen LogP contribution < -0.4 is 9.47 Å². The Balaban J connectivity index is 2.16. The Morgan fingerprint density at radius 1 is 0.875 bits per heavy atom. The Morgan fingerprint density at radius 2 is 1.46 bits per heavy atom. The van der Waals surface area contributed by atoms with Crippen LogP contribution in [0.5, 0.6) is 34.5 Å². The van der Waals surface area contributed by atoms with E-state index in [9.17, 15) is 10.2 Å². The Bertz CT molecular complexity index is 801. The first-order valence-electron chi connectivity index (χ1n) is 6.57. The van der Waals surface area contributed by atoms with Gasteiger partial charge in [-0.05, 0) is 12.1 Å². The van der Waals surface area contributed by atoms with Crippen molar-refractivity contribution in [1.82, 2.24) is 0 Å². The highest BCUT2D eigenvalue weighted by molar-refractivity contribution is 9.39. The lowest BCUT2D eigenvalue weighted by Gasteiger charge is -2.31. The molecule has 0 bridgehead atoms. The minimum absolute atomic E-state index is 0.303. The molecule has 0 aromatic heterocycles. The molecule has 3 rings (SSSR count). The van der Waals surface area contributed by atoms with Gasteiger partial charge in [-0.2, -0.15) is 0 Å². The van der Waals surface area contributed by atoms with E-state index < -0.39 is 5.38 Å². The summed E-state index contributed by atoms with van der Waals surface area (Å²) in [5, 5.41) is 20.5. The van der Waals surface area contributed by atoms with E-state index >= 15 is 0 Å². The molecular weight excluding hydrogens is 644 g/mol. The molecule has 128 valence electrons. The van der Waals surface area contributed by atoms with E-state index in [0.29, 0.717) is 35.0 Å². The number of hydrogen-bond donors (Lipinski definition) is 2. The van der Waals surface area contributed by atoms with Crippen molar-refractivity contribution in [1.29, 1.82) is 0 Å². The van der Waals surface area contributed by atoms with Gasteiger partial charge in [0.1, 0.15) is 5.38 Å². The first kappa shape index (κ1) is 18.8. The Morgan fingerprint density at radius 3 is 2.04 bits per heavy atom. The molecule has 1 aliphatic heterocycles. The van der Waals surface area contributed by atoms with Crippen molar-refractivity contribution in [3.63, 3.8) is 0 Å². The molecule has 2 aromatic rings. The van der Waals surface area contributed by atoms with Crippen LogP contribution in [-0.4, -0.2) is 12.4 Å². The summed E-state index contributed by atoms with van der Waals surface area (Å²) in [5.74, 6) is 1.07. The smallest absolute Gasteiger partial charge is 0.179 e. The summed E-state index contributed by atoms with van der Waals surface area (Å²) in [5.41, 5.74) is 0.315. The van der Waals surface area contributed by atoms with Gasteiger partial charge >= 0.3 is 0 Å². The van der Waals surface area contributed by atoms with Crippen molar-refractivity contribution < 1.29 is 19.7 Å². The summed E-state index contributed by atoms with van der Waals surface area (Å²) in [6, 6.07) is 8.49. The van der Waals surface area contributed by atoms with Gasteiger partial charge in [0.05, 0.1) is 5.56 Å². The fourth-order valence-electron chi connectivity index (χ4n) is 2.32. The van der Waals surface area contributed by atoms with Crippen LogP contribution in [0.3, 0.4) is 0 Å². The monoisotopic (exact) mass is 648 g/mol. The summed E-state index contributed by atoms with van der Waals surface area (Å²) >= 11 is 17.4. The normalized spacial score (nSPS) is 13.5. The third kappa shape index (κ3) is 3.75. The lowest BCUT2D eigenvalue weighted by Crippen LogP contribution is -2.19. The largest absolute Gasteiger partial charge is 0.504 e. The number of phenolic OH excluding ortho intramolecular Hbond substituents is 2. The van der Waals surface area contributed by atoms with Crippen molar-refractivity contribution in [2.75, 3.05) is 0 Å². The number of fused-ring (bicyclic) bond motifs is 2. The number of ether oxygens (including phenoxy) is 2. The standard InChI is InChI=1S/C15H9Br5O4/c16-14(17,6-15(18,19)20)11-12(22)7(21)5-10-13(11)24-9-4-2-1-3-8(9)23-10/h1-5,21-22H,6H2. The van der Waals surface area contributed by atoms with Crippen LogP contribution in [0.2, 0.25) is 0 Å². The molecule has 0 spiro atoms. The zero-order valence-corrected chi connectivity index (χ0v) is 19.6. The molecule has 9 heteroatoms. The van der Waals surface area contributed by atoms with Gasteiger partial charge in [-0.1, -0.05) is 91.8 Å². The molecular formula is C15H9Br5O4. The van der Waals surface area contributed by atoms with E-state index in [4.69, 9.17) is 9.47 Å². The van der Waals surface area contributed by atoms with Crippen LogP contribution in [0.1, 0.15) is 12.0 Å². The van der Waals surface area contributed by atoms with E-state index in [0.717, 1.165) is 0 Å². The molecule has 0 saturated heterocycles. The third-order valence-electron chi connectivity index (χ3n) is 3.27. The summed E-state index contributed by atoms with van der Waals surface area (Å²) in [6.45, 7) is 0. The zero-order valence-electron chi connectivity index (χ0n) is 11.7.